The third kappa shape index (κ3) is 3.61. The summed E-state index contributed by atoms with van der Waals surface area (Å²) in [6.07, 6.45) is 2.54. The van der Waals surface area contributed by atoms with E-state index in [0.29, 0.717) is 5.92 Å². The third-order valence-electron chi connectivity index (χ3n) is 2.97. The van der Waals surface area contributed by atoms with Gasteiger partial charge in [-0.3, -0.25) is 0 Å². The number of rotatable bonds is 3. The van der Waals surface area contributed by atoms with Crippen LogP contribution in [-0.2, 0) is 4.74 Å². The van der Waals surface area contributed by atoms with Crippen molar-refractivity contribution in [1.29, 1.82) is 0 Å². The summed E-state index contributed by atoms with van der Waals surface area (Å²) in [5.41, 5.74) is 0. The van der Waals surface area contributed by atoms with Crippen LogP contribution in [0.15, 0.2) is 10.2 Å². The van der Waals surface area contributed by atoms with E-state index in [9.17, 15) is 0 Å². The van der Waals surface area contributed by atoms with Gasteiger partial charge in [0, 0.05) is 11.5 Å². The van der Waals surface area contributed by atoms with Crippen molar-refractivity contribution in [3.8, 4) is 0 Å². The second-order valence-corrected chi connectivity index (χ2v) is 11.8. The SMILES string of the molecule is CC(C)C[C@H]1O[C@@H](C)CC(Cl)=C1[Si](C)(C)C. The lowest BCUT2D eigenvalue weighted by molar-refractivity contribution is 0.00258. The minimum absolute atomic E-state index is 0.267. The molecular formula is C13H25ClOSi. The largest absolute Gasteiger partial charge is 0.371 e. The van der Waals surface area contributed by atoms with Gasteiger partial charge in [0.1, 0.15) is 0 Å². The highest BCUT2D eigenvalue weighted by Gasteiger charge is 2.35. The first kappa shape index (κ1) is 14.3. The molecule has 1 aliphatic rings. The molecule has 0 amide bonds. The molecule has 94 valence electrons. The van der Waals surface area contributed by atoms with Crippen molar-refractivity contribution >= 4 is 19.7 Å². The maximum Gasteiger partial charge on any atom is 0.0773 e. The molecule has 0 fully saturated rings. The second-order valence-electron chi connectivity index (χ2n) is 6.34. The van der Waals surface area contributed by atoms with Crippen molar-refractivity contribution < 1.29 is 4.74 Å². The molecule has 0 N–H and O–H groups in total. The fourth-order valence-electron chi connectivity index (χ4n) is 2.43. The van der Waals surface area contributed by atoms with Gasteiger partial charge in [-0.2, -0.15) is 0 Å². The third-order valence-corrected chi connectivity index (χ3v) is 5.73. The van der Waals surface area contributed by atoms with Gasteiger partial charge in [0.05, 0.1) is 20.3 Å². The first-order valence-corrected chi connectivity index (χ1v) is 10.1. The lowest BCUT2D eigenvalue weighted by Gasteiger charge is -2.37. The fraction of sp³-hybridized carbons (Fsp3) is 0.846. The highest BCUT2D eigenvalue weighted by atomic mass is 35.5. The normalized spacial score (nSPS) is 27.8. The van der Waals surface area contributed by atoms with Gasteiger partial charge < -0.3 is 4.74 Å². The first-order valence-electron chi connectivity index (χ1n) is 6.26. The maximum absolute atomic E-state index is 6.47. The van der Waals surface area contributed by atoms with Crippen molar-refractivity contribution in [1.82, 2.24) is 0 Å². The Balaban J connectivity index is 2.99. The number of ether oxygens (including phenoxy) is 1. The highest BCUT2D eigenvalue weighted by Crippen LogP contribution is 2.36. The fourth-order valence-corrected chi connectivity index (χ4v) is 5.68. The summed E-state index contributed by atoms with van der Waals surface area (Å²) in [5, 5.41) is 2.53. The summed E-state index contributed by atoms with van der Waals surface area (Å²) in [4.78, 5) is 0. The Labute approximate surface area is 106 Å². The van der Waals surface area contributed by atoms with Crippen LogP contribution in [0, 0.1) is 5.92 Å². The second kappa shape index (κ2) is 5.24. The summed E-state index contributed by atoms with van der Waals surface area (Å²) in [6, 6.07) is 0. The topological polar surface area (TPSA) is 9.23 Å². The van der Waals surface area contributed by atoms with Gasteiger partial charge in [-0.15, -0.1) is 0 Å². The maximum atomic E-state index is 6.47. The minimum atomic E-state index is -1.36. The van der Waals surface area contributed by atoms with E-state index in [1.54, 1.807) is 0 Å². The van der Waals surface area contributed by atoms with Crippen molar-refractivity contribution in [3.63, 3.8) is 0 Å². The minimum Gasteiger partial charge on any atom is -0.371 e. The van der Waals surface area contributed by atoms with Crippen molar-refractivity contribution in [2.75, 3.05) is 0 Å². The van der Waals surface area contributed by atoms with E-state index in [1.807, 2.05) is 0 Å². The molecule has 0 aromatic carbocycles. The Morgan fingerprint density at radius 1 is 1.38 bits per heavy atom. The Kier molecular flexibility index (Phi) is 4.67. The summed E-state index contributed by atoms with van der Waals surface area (Å²) in [6.45, 7) is 13.7. The molecule has 1 nitrogen and oxygen atoms in total. The van der Waals surface area contributed by atoms with Gasteiger partial charge in [-0.25, -0.2) is 0 Å². The molecule has 1 aliphatic heterocycles. The van der Waals surface area contributed by atoms with Crippen molar-refractivity contribution in [2.45, 2.75) is 65.5 Å². The van der Waals surface area contributed by atoms with Crippen LogP contribution in [-0.4, -0.2) is 20.3 Å². The molecule has 0 spiro atoms. The average Bonchev–Trinajstić information content (AvgIpc) is 1.96. The smallest absolute Gasteiger partial charge is 0.0773 e. The molecule has 0 aromatic heterocycles. The number of hydrogen-bond donors (Lipinski definition) is 0. The van der Waals surface area contributed by atoms with Gasteiger partial charge >= 0.3 is 0 Å². The summed E-state index contributed by atoms with van der Waals surface area (Å²) in [7, 11) is -1.36. The van der Waals surface area contributed by atoms with Crippen LogP contribution in [0.25, 0.3) is 0 Å². The predicted octanol–water partition coefficient (Wildman–Crippen LogP) is 4.58. The highest BCUT2D eigenvalue weighted by molar-refractivity contribution is 6.84. The van der Waals surface area contributed by atoms with Gasteiger partial charge in [0.2, 0.25) is 0 Å². The Bertz CT molecular complexity index is 278. The summed E-state index contributed by atoms with van der Waals surface area (Å²) >= 11 is 6.47. The Morgan fingerprint density at radius 3 is 2.38 bits per heavy atom. The molecule has 1 rings (SSSR count). The Morgan fingerprint density at radius 2 is 1.94 bits per heavy atom. The molecule has 0 bridgehead atoms. The van der Waals surface area contributed by atoms with Crippen LogP contribution in [0.3, 0.4) is 0 Å². The van der Waals surface area contributed by atoms with Gasteiger partial charge in [-0.05, 0) is 24.5 Å². The molecule has 0 saturated heterocycles. The molecule has 0 aliphatic carbocycles. The van der Waals surface area contributed by atoms with Gasteiger partial charge in [0.15, 0.2) is 0 Å². The predicted molar refractivity (Wildman–Crippen MR) is 74.6 cm³/mol. The molecule has 0 aromatic rings. The van der Waals surface area contributed by atoms with Crippen LogP contribution >= 0.6 is 11.6 Å². The first-order chi connectivity index (χ1) is 7.21. The molecule has 2 atom stereocenters. The van der Waals surface area contributed by atoms with E-state index in [-0.39, 0.29) is 12.2 Å². The molecule has 3 heteroatoms. The lowest BCUT2D eigenvalue weighted by atomic mass is 10.0. The number of hydrogen-bond acceptors (Lipinski definition) is 1. The molecular weight excluding hydrogens is 236 g/mol. The molecule has 16 heavy (non-hydrogen) atoms. The number of halogens is 1. The summed E-state index contributed by atoms with van der Waals surface area (Å²) < 4.78 is 6.10. The van der Waals surface area contributed by atoms with E-state index >= 15 is 0 Å². The zero-order valence-corrected chi connectivity index (χ0v) is 13.2. The molecule has 0 unspecified atom stereocenters. The van der Waals surface area contributed by atoms with Crippen LogP contribution in [0.5, 0.6) is 0 Å². The van der Waals surface area contributed by atoms with Crippen LogP contribution in [0.4, 0.5) is 0 Å². The average molecular weight is 261 g/mol. The monoisotopic (exact) mass is 260 g/mol. The standard InChI is InChI=1S/C13H25ClOSi/c1-9(2)7-12-13(16(4,5)6)11(14)8-10(3)15-12/h9-10,12H,7-8H2,1-6H3/t10-,12+/m0/s1. The van der Waals surface area contributed by atoms with Gasteiger partial charge in [-0.1, -0.05) is 45.1 Å². The van der Waals surface area contributed by atoms with E-state index in [4.69, 9.17) is 16.3 Å². The van der Waals surface area contributed by atoms with Gasteiger partial charge in [0.25, 0.3) is 0 Å². The van der Waals surface area contributed by atoms with Crippen molar-refractivity contribution in [3.05, 3.63) is 10.2 Å². The molecule has 1 heterocycles. The van der Waals surface area contributed by atoms with Crippen LogP contribution < -0.4 is 0 Å². The van der Waals surface area contributed by atoms with E-state index in [2.05, 4.69) is 40.4 Å². The van der Waals surface area contributed by atoms with E-state index < -0.39 is 8.07 Å². The van der Waals surface area contributed by atoms with Crippen molar-refractivity contribution in [2.24, 2.45) is 5.92 Å². The Hall–Kier alpha value is 0.207. The zero-order chi connectivity index (χ0) is 12.5. The van der Waals surface area contributed by atoms with E-state index in [0.717, 1.165) is 17.9 Å². The molecule has 0 radical (unpaired) electrons. The van der Waals surface area contributed by atoms with Crippen LogP contribution in [0.1, 0.15) is 33.6 Å². The summed E-state index contributed by atoms with van der Waals surface area (Å²) in [5.74, 6) is 0.658. The van der Waals surface area contributed by atoms with Crippen LogP contribution in [0.2, 0.25) is 19.6 Å². The quantitative estimate of drug-likeness (QED) is 0.675. The zero-order valence-electron chi connectivity index (χ0n) is 11.4. The molecule has 0 saturated carbocycles. The van der Waals surface area contributed by atoms with E-state index in [1.165, 1.54) is 5.20 Å². The lowest BCUT2D eigenvalue weighted by Crippen LogP contribution is -2.40.